The van der Waals surface area contributed by atoms with E-state index in [1.54, 1.807) is 0 Å². The third-order valence-corrected chi connectivity index (χ3v) is 14.7. The second-order valence-corrected chi connectivity index (χ2v) is 21.1. The second-order valence-electron chi connectivity index (χ2n) is 6.54. The summed E-state index contributed by atoms with van der Waals surface area (Å²) in [5, 5.41) is 0. The van der Waals surface area contributed by atoms with Crippen molar-refractivity contribution in [2.45, 2.75) is 65.2 Å². The van der Waals surface area contributed by atoms with Crippen LogP contribution in [0.25, 0.3) is 0 Å². The lowest BCUT2D eigenvalue weighted by molar-refractivity contribution is 1.06. The lowest BCUT2D eigenvalue weighted by atomic mass is 10.9. The fourth-order valence-electron chi connectivity index (χ4n) is 2.07. The predicted octanol–water partition coefficient (Wildman–Crippen LogP) is 3.32. The van der Waals surface area contributed by atoms with E-state index in [4.69, 9.17) is 0 Å². The Kier molecular flexibility index (Phi) is 5.47. The molecule has 0 aliphatic heterocycles. The summed E-state index contributed by atoms with van der Waals surface area (Å²) in [5.74, 6) is 0. The summed E-state index contributed by atoms with van der Waals surface area (Å²) in [4.78, 5) is 0. The van der Waals surface area contributed by atoms with E-state index in [-0.39, 0.29) is 0 Å². The van der Waals surface area contributed by atoms with E-state index in [9.17, 15) is 0 Å². The van der Waals surface area contributed by atoms with Gasteiger partial charge >= 0.3 is 0 Å². The van der Waals surface area contributed by atoms with Gasteiger partial charge < -0.3 is 9.30 Å². The molecule has 0 aliphatic carbocycles. The van der Waals surface area contributed by atoms with E-state index in [0.717, 1.165) is 0 Å². The van der Waals surface area contributed by atoms with Crippen LogP contribution in [0.3, 0.4) is 0 Å². The molecule has 0 aliphatic rings. The van der Waals surface area contributed by atoms with Crippen LogP contribution in [0.15, 0.2) is 0 Å². The van der Waals surface area contributed by atoms with E-state index in [1.165, 1.54) is 12.1 Å². The standard InChI is InChI=1S/C10H30N2Si3/c1-9-15(10-2,11-13(3,4)5)12-14(6,7)8/h11-12H,9-10H2,1-8H3. The maximum absolute atomic E-state index is 4.03. The van der Waals surface area contributed by atoms with Crippen molar-refractivity contribution in [3.8, 4) is 0 Å². The zero-order valence-corrected chi connectivity index (χ0v) is 14.9. The van der Waals surface area contributed by atoms with Crippen molar-refractivity contribution in [1.82, 2.24) is 9.30 Å². The average molecular weight is 263 g/mol. The SMILES string of the molecule is CC[Si](CC)(N[Si](C)(C)C)N[Si](C)(C)C. The van der Waals surface area contributed by atoms with Gasteiger partial charge in [0.15, 0.2) is 8.40 Å². The molecule has 0 aromatic carbocycles. The van der Waals surface area contributed by atoms with Crippen molar-refractivity contribution in [2.75, 3.05) is 0 Å². The minimum absolute atomic E-state index is 1.16. The van der Waals surface area contributed by atoms with Crippen LogP contribution in [0.1, 0.15) is 13.8 Å². The Morgan fingerprint density at radius 2 is 0.933 bits per heavy atom. The summed E-state index contributed by atoms with van der Waals surface area (Å²) in [5.41, 5.74) is 0. The summed E-state index contributed by atoms with van der Waals surface area (Å²) in [7, 11) is -3.72. The molecule has 0 heterocycles. The highest BCUT2D eigenvalue weighted by Crippen LogP contribution is 2.15. The Hall–Kier alpha value is 0.571. The van der Waals surface area contributed by atoms with Crippen LogP contribution in [0.5, 0.6) is 0 Å². The van der Waals surface area contributed by atoms with Crippen molar-refractivity contribution >= 4 is 24.9 Å². The second kappa shape index (κ2) is 5.27. The minimum atomic E-state index is -1.39. The van der Waals surface area contributed by atoms with Crippen LogP contribution >= 0.6 is 0 Å². The molecule has 0 unspecified atom stereocenters. The van der Waals surface area contributed by atoms with Crippen molar-refractivity contribution < 1.29 is 0 Å². The van der Waals surface area contributed by atoms with E-state index in [1.807, 2.05) is 0 Å². The molecule has 0 radical (unpaired) electrons. The molecule has 0 saturated carbocycles. The molecule has 15 heavy (non-hydrogen) atoms. The first-order valence-electron chi connectivity index (χ1n) is 6.12. The Bertz CT molecular complexity index is 172. The van der Waals surface area contributed by atoms with E-state index in [0.29, 0.717) is 0 Å². The number of hydrogen-bond acceptors (Lipinski definition) is 2. The highest BCUT2D eigenvalue weighted by Gasteiger charge is 2.37. The molecule has 0 atom stereocenters. The van der Waals surface area contributed by atoms with Gasteiger partial charge in [0.1, 0.15) is 16.5 Å². The Morgan fingerprint density at radius 1 is 0.667 bits per heavy atom. The van der Waals surface area contributed by atoms with Crippen LogP contribution in [0.2, 0.25) is 51.4 Å². The zero-order valence-electron chi connectivity index (χ0n) is 11.9. The van der Waals surface area contributed by atoms with Gasteiger partial charge in [-0.1, -0.05) is 53.1 Å². The van der Waals surface area contributed by atoms with Gasteiger partial charge in [0.2, 0.25) is 0 Å². The summed E-state index contributed by atoms with van der Waals surface area (Å²) in [6, 6.07) is 2.61. The van der Waals surface area contributed by atoms with Gasteiger partial charge in [-0.3, -0.25) is 0 Å². The first-order chi connectivity index (χ1) is 6.54. The van der Waals surface area contributed by atoms with E-state index >= 15 is 0 Å². The molecule has 0 rings (SSSR count). The topological polar surface area (TPSA) is 24.1 Å². The molecule has 0 bridgehead atoms. The average Bonchev–Trinajstić information content (AvgIpc) is 1.98. The normalized spacial score (nSPS) is 14.4. The molecule has 0 spiro atoms. The Balaban J connectivity index is 4.74. The van der Waals surface area contributed by atoms with Gasteiger partial charge in [0.05, 0.1) is 0 Å². The number of nitrogens with one attached hydrogen (secondary N) is 2. The third kappa shape index (κ3) is 6.68. The predicted molar refractivity (Wildman–Crippen MR) is 79.7 cm³/mol. The van der Waals surface area contributed by atoms with Crippen LogP contribution in [-0.2, 0) is 0 Å². The van der Waals surface area contributed by atoms with Gasteiger partial charge in [0.25, 0.3) is 0 Å². The summed E-state index contributed by atoms with van der Waals surface area (Å²) in [6.45, 7) is 19.1. The van der Waals surface area contributed by atoms with Crippen molar-refractivity contribution in [3.63, 3.8) is 0 Å². The summed E-state index contributed by atoms with van der Waals surface area (Å²) in [6.07, 6.45) is 0. The molecule has 0 aromatic heterocycles. The van der Waals surface area contributed by atoms with Gasteiger partial charge in [-0.15, -0.1) is 0 Å². The first kappa shape index (κ1) is 15.6. The molecular weight excluding hydrogens is 232 g/mol. The third-order valence-electron chi connectivity index (χ3n) is 2.44. The van der Waals surface area contributed by atoms with Crippen LogP contribution < -0.4 is 9.30 Å². The fourth-order valence-corrected chi connectivity index (χ4v) is 17.7. The quantitative estimate of drug-likeness (QED) is 0.718. The highest BCUT2D eigenvalue weighted by atomic mass is 28.4. The van der Waals surface area contributed by atoms with E-state index < -0.39 is 24.9 Å². The molecule has 5 heteroatoms. The van der Waals surface area contributed by atoms with Gasteiger partial charge in [-0.05, 0) is 12.1 Å². The van der Waals surface area contributed by atoms with Gasteiger partial charge in [-0.25, -0.2) is 0 Å². The van der Waals surface area contributed by atoms with Gasteiger partial charge in [-0.2, -0.15) is 0 Å². The van der Waals surface area contributed by atoms with Crippen LogP contribution in [-0.4, -0.2) is 24.9 Å². The first-order valence-corrected chi connectivity index (χ1v) is 15.5. The molecule has 0 fully saturated rings. The van der Waals surface area contributed by atoms with Crippen molar-refractivity contribution in [2.24, 2.45) is 0 Å². The van der Waals surface area contributed by atoms with Gasteiger partial charge in [0, 0.05) is 0 Å². The lowest BCUT2D eigenvalue weighted by Gasteiger charge is -2.41. The summed E-state index contributed by atoms with van der Waals surface area (Å²) >= 11 is 0. The van der Waals surface area contributed by atoms with Crippen molar-refractivity contribution in [1.29, 1.82) is 0 Å². The van der Waals surface area contributed by atoms with Crippen molar-refractivity contribution in [3.05, 3.63) is 0 Å². The molecule has 0 amide bonds. The zero-order chi connectivity index (χ0) is 12.3. The fraction of sp³-hybridized carbons (Fsp3) is 1.00. The number of hydrogen-bond donors (Lipinski definition) is 2. The molecular formula is C10H30N2Si3. The lowest BCUT2D eigenvalue weighted by Crippen LogP contribution is -2.73. The van der Waals surface area contributed by atoms with Crippen LogP contribution in [0, 0.1) is 0 Å². The van der Waals surface area contributed by atoms with E-state index in [2.05, 4.69) is 62.4 Å². The molecule has 2 nitrogen and oxygen atoms in total. The maximum atomic E-state index is 4.03. The molecule has 0 saturated heterocycles. The largest absolute Gasteiger partial charge is 0.348 e. The molecule has 2 N–H and O–H groups in total. The monoisotopic (exact) mass is 262 g/mol. The number of rotatable bonds is 6. The Labute approximate surface area is 99.6 Å². The molecule has 92 valence electrons. The van der Waals surface area contributed by atoms with Crippen LogP contribution in [0.4, 0.5) is 0 Å². The molecule has 0 aromatic rings. The maximum Gasteiger partial charge on any atom is 0.187 e. The minimum Gasteiger partial charge on any atom is -0.348 e. The smallest absolute Gasteiger partial charge is 0.187 e. The highest BCUT2D eigenvalue weighted by molar-refractivity contribution is 6.97. The summed E-state index contributed by atoms with van der Waals surface area (Å²) < 4.78 is 8.05. The Morgan fingerprint density at radius 3 is 1.07 bits per heavy atom.